The van der Waals surface area contributed by atoms with Crippen molar-refractivity contribution in [2.24, 2.45) is 0 Å². The lowest BCUT2D eigenvalue weighted by Gasteiger charge is -2.36. The number of nitrogens with zero attached hydrogens (tertiary/aromatic N) is 2. The molecule has 1 aromatic heterocycles. The molecule has 0 radical (unpaired) electrons. The van der Waals surface area contributed by atoms with Crippen LogP contribution in [-0.2, 0) is 9.53 Å². The Kier molecular flexibility index (Phi) is 7.27. The second-order valence-electron chi connectivity index (χ2n) is 10.1. The summed E-state index contributed by atoms with van der Waals surface area (Å²) in [6, 6.07) is -0.143. The Hall–Kier alpha value is -1.97. The van der Waals surface area contributed by atoms with Crippen LogP contribution in [0.15, 0.2) is 0 Å². The fraction of sp³-hybridized carbons (Fsp3) is 0.682. The molecule has 11 heteroatoms. The highest BCUT2D eigenvalue weighted by atomic mass is 35.5. The van der Waals surface area contributed by atoms with E-state index in [9.17, 15) is 19.5 Å². The summed E-state index contributed by atoms with van der Waals surface area (Å²) in [6.07, 6.45) is 1.09. The normalized spacial score (nSPS) is 24.7. The quantitative estimate of drug-likeness (QED) is 0.578. The molecule has 9 nitrogen and oxygen atoms in total. The van der Waals surface area contributed by atoms with E-state index in [-0.39, 0.29) is 35.3 Å². The van der Waals surface area contributed by atoms with Gasteiger partial charge in [-0.05, 0) is 53.9 Å². The maximum absolute atomic E-state index is 12.7. The van der Waals surface area contributed by atoms with Gasteiger partial charge in [0.05, 0.1) is 10.0 Å². The fourth-order valence-electron chi connectivity index (χ4n) is 4.48. The number of carboxylic acid groups (broad SMARTS) is 1. The minimum absolute atomic E-state index is 0.0404. The molecule has 33 heavy (non-hydrogen) atoms. The fourth-order valence-corrected chi connectivity index (χ4v) is 4.90. The van der Waals surface area contributed by atoms with Crippen LogP contribution in [-0.4, -0.2) is 80.7 Å². The van der Waals surface area contributed by atoms with Crippen molar-refractivity contribution in [1.82, 2.24) is 20.1 Å². The topological polar surface area (TPSA) is 115 Å². The summed E-state index contributed by atoms with van der Waals surface area (Å²) in [7, 11) is 0. The third kappa shape index (κ3) is 5.41. The molecule has 2 aliphatic rings. The number of piperidine rings is 1. The first-order valence-corrected chi connectivity index (χ1v) is 11.8. The third-order valence-electron chi connectivity index (χ3n) is 6.36. The lowest BCUT2D eigenvalue weighted by Crippen LogP contribution is -2.52. The van der Waals surface area contributed by atoms with Gasteiger partial charge in [-0.2, -0.15) is 0 Å². The highest BCUT2D eigenvalue weighted by Gasteiger charge is 2.53. The van der Waals surface area contributed by atoms with E-state index >= 15 is 0 Å². The average molecular weight is 503 g/mol. The summed E-state index contributed by atoms with van der Waals surface area (Å²) < 4.78 is 5.46. The predicted octanol–water partition coefficient (Wildman–Crippen LogP) is 3.68. The van der Waals surface area contributed by atoms with Gasteiger partial charge in [0, 0.05) is 37.4 Å². The molecule has 0 spiro atoms. The van der Waals surface area contributed by atoms with Crippen molar-refractivity contribution in [3.05, 3.63) is 21.4 Å². The summed E-state index contributed by atoms with van der Waals surface area (Å²) in [5.74, 6) is -1.35. The van der Waals surface area contributed by atoms with Gasteiger partial charge in [-0.1, -0.05) is 23.2 Å². The molecule has 2 fully saturated rings. The number of aromatic amines is 1. The summed E-state index contributed by atoms with van der Waals surface area (Å²) in [6.45, 7) is 10.2. The number of aliphatic carboxylic acids is 1. The Morgan fingerprint density at radius 3 is 2.27 bits per heavy atom. The molecule has 2 aliphatic heterocycles. The Bertz CT molecular complexity index is 936. The molecule has 1 aromatic rings. The number of hydrogen-bond donors (Lipinski definition) is 3. The van der Waals surface area contributed by atoms with Crippen LogP contribution in [0.1, 0.15) is 63.1 Å². The first kappa shape index (κ1) is 25.6. The number of carboxylic acids is 1. The Morgan fingerprint density at radius 1 is 1.18 bits per heavy atom. The molecule has 1 unspecified atom stereocenters. The number of aryl methyl sites for hydroxylation is 1. The number of ether oxygens (including phenoxy) is 1. The van der Waals surface area contributed by atoms with Gasteiger partial charge < -0.3 is 20.1 Å². The molecule has 0 aromatic carbocycles. The van der Waals surface area contributed by atoms with Gasteiger partial charge >= 0.3 is 12.1 Å². The molecule has 184 valence electrons. The average Bonchev–Trinajstić information content (AvgIpc) is 3.20. The molecule has 3 heterocycles. The number of carbonyl (C=O) groups is 3. The van der Waals surface area contributed by atoms with Crippen LogP contribution in [0.2, 0.25) is 10.0 Å². The van der Waals surface area contributed by atoms with E-state index in [0.29, 0.717) is 43.1 Å². The molecule has 0 bridgehead atoms. The van der Waals surface area contributed by atoms with Crippen LogP contribution in [0.3, 0.4) is 0 Å². The van der Waals surface area contributed by atoms with Crippen LogP contribution < -0.4 is 5.32 Å². The SMILES string of the molecule is Cc1[nH]c(C(=O)NC2CCN(C3CN(C(=O)OC(C)(C)C)[C@](C)(C(=O)O)C3)CC2)c(Cl)c1Cl. The van der Waals surface area contributed by atoms with Crippen molar-refractivity contribution in [3.8, 4) is 0 Å². The molecule has 2 amide bonds. The van der Waals surface area contributed by atoms with Crippen LogP contribution in [0.25, 0.3) is 0 Å². The van der Waals surface area contributed by atoms with Crippen molar-refractivity contribution >= 4 is 41.2 Å². The van der Waals surface area contributed by atoms with E-state index < -0.39 is 23.2 Å². The van der Waals surface area contributed by atoms with Crippen molar-refractivity contribution < 1.29 is 24.2 Å². The molecule has 0 saturated carbocycles. The summed E-state index contributed by atoms with van der Waals surface area (Å²) in [4.78, 5) is 43.8. The number of hydrogen-bond acceptors (Lipinski definition) is 5. The van der Waals surface area contributed by atoms with Crippen molar-refractivity contribution in [2.45, 2.75) is 77.1 Å². The van der Waals surface area contributed by atoms with E-state index in [2.05, 4.69) is 15.2 Å². The number of rotatable bonds is 4. The van der Waals surface area contributed by atoms with Gasteiger partial charge in [0.25, 0.3) is 5.91 Å². The number of amides is 2. The van der Waals surface area contributed by atoms with Crippen molar-refractivity contribution in [3.63, 3.8) is 0 Å². The zero-order chi connectivity index (χ0) is 24.7. The van der Waals surface area contributed by atoms with Crippen LogP contribution in [0.4, 0.5) is 4.79 Å². The summed E-state index contributed by atoms with van der Waals surface area (Å²) in [5, 5.41) is 13.4. The Labute approximate surface area is 203 Å². The molecule has 2 saturated heterocycles. The zero-order valence-electron chi connectivity index (χ0n) is 19.6. The second kappa shape index (κ2) is 9.35. The van der Waals surface area contributed by atoms with Crippen LogP contribution in [0, 0.1) is 6.92 Å². The molecule has 2 atom stereocenters. The van der Waals surface area contributed by atoms with E-state index in [1.165, 1.54) is 4.90 Å². The second-order valence-corrected chi connectivity index (χ2v) is 10.8. The first-order chi connectivity index (χ1) is 15.2. The smallest absolute Gasteiger partial charge is 0.411 e. The molecule has 0 aliphatic carbocycles. The molecule has 3 rings (SSSR count). The third-order valence-corrected chi connectivity index (χ3v) is 7.31. The van der Waals surface area contributed by atoms with Crippen molar-refractivity contribution in [1.29, 1.82) is 0 Å². The number of nitrogens with one attached hydrogen (secondary N) is 2. The van der Waals surface area contributed by atoms with Gasteiger partial charge in [0.15, 0.2) is 0 Å². The predicted molar refractivity (Wildman–Crippen MR) is 125 cm³/mol. The zero-order valence-corrected chi connectivity index (χ0v) is 21.1. The Balaban J connectivity index is 1.61. The maximum Gasteiger partial charge on any atom is 0.411 e. The number of likely N-dealkylation sites (tertiary alicyclic amines) is 2. The van der Waals surface area contributed by atoms with Crippen LogP contribution >= 0.6 is 23.2 Å². The summed E-state index contributed by atoms with van der Waals surface area (Å²) >= 11 is 12.2. The number of carbonyl (C=O) groups excluding carboxylic acids is 2. The lowest BCUT2D eigenvalue weighted by atomic mass is 9.95. The first-order valence-electron chi connectivity index (χ1n) is 11.1. The van der Waals surface area contributed by atoms with E-state index in [0.717, 1.165) is 0 Å². The Morgan fingerprint density at radius 2 is 1.79 bits per heavy atom. The highest BCUT2D eigenvalue weighted by molar-refractivity contribution is 6.44. The van der Waals surface area contributed by atoms with Gasteiger partial charge in [-0.25, -0.2) is 9.59 Å². The van der Waals surface area contributed by atoms with Gasteiger partial charge in [-0.3, -0.25) is 14.6 Å². The standard InChI is InChI=1S/C22H32Cl2N4O5/c1-12-15(23)16(24)17(25-12)18(29)26-13-6-8-27(9-7-13)14-10-22(5,19(30)31)28(11-14)20(32)33-21(2,3)4/h13-14,25H,6-11H2,1-5H3,(H,26,29)(H,30,31)/t14?,22-/m0/s1. The maximum atomic E-state index is 12.7. The number of H-pyrrole nitrogens is 1. The monoisotopic (exact) mass is 502 g/mol. The largest absolute Gasteiger partial charge is 0.480 e. The van der Waals surface area contributed by atoms with Gasteiger partial charge in [-0.15, -0.1) is 0 Å². The lowest BCUT2D eigenvalue weighted by molar-refractivity contribution is -0.148. The highest BCUT2D eigenvalue weighted by Crippen LogP contribution is 2.35. The van der Waals surface area contributed by atoms with Gasteiger partial charge in [0.2, 0.25) is 0 Å². The van der Waals surface area contributed by atoms with E-state index in [1.54, 1.807) is 34.6 Å². The van der Waals surface area contributed by atoms with Gasteiger partial charge in [0.1, 0.15) is 16.8 Å². The number of aromatic nitrogens is 1. The number of halogens is 2. The minimum Gasteiger partial charge on any atom is -0.480 e. The van der Waals surface area contributed by atoms with E-state index in [1.807, 2.05) is 0 Å². The molecule has 3 N–H and O–H groups in total. The van der Waals surface area contributed by atoms with Crippen molar-refractivity contribution in [2.75, 3.05) is 19.6 Å². The molecular weight excluding hydrogens is 471 g/mol. The molecular formula is C22H32Cl2N4O5. The minimum atomic E-state index is -1.33. The summed E-state index contributed by atoms with van der Waals surface area (Å²) in [5.41, 5.74) is -1.16. The van der Waals surface area contributed by atoms with Crippen LogP contribution in [0.5, 0.6) is 0 Å². The van der Waals surface area contributed by atoms with E-state index in [4.69, 9.17) is 27.9 Å².